The van der Waals surface area contributed by atoms with E-state index in [1.165, 1.54) is 0 Å². The minimum Gasteiger partial charge on any atom is -0.494 e. The molecule has 2 aromatic rings. The number of nitrogens with zero attached hydrogens (tertiary/aromatic N) is 2. The second kappa shape index (κ2) is 6.16. The van der Waals surface area contributed by atoms with E-state index >= 15 is 0 Å². The highest BCUT2D eigenvalue weighted by molar-refractivity contribution is 6.09. The number of benzene rings is 2. The topological polar surface area (TPSA) is 49.9 Å². The van der Waals surface area contributed by atoms with Gasteiger partial charge in [-0.2, -0.15) is 0 Å². The van der Waals surface area contributed by atoms with Gasteiger partial charge in [0.25, 0.3) is 5.91 Å². The summed E-state index contributed by atoms with van der Waals surface area (Å²) >= 11 is 0. The first-order chi connectivity index (χ1) is 12.6. The Hall–Kier alpha value is -2.82. The van der Waals surface area contributed by atoms with Gasteiger partial charge in [-0.1, -0.05) is 18.2 Å². The molecule has 0 radical (unpaired) electrons. The Bertz CT molecular complexity index is 862. The van der Waals surface area contributed by atoms with Crippen LogP contribution in [0.15, 0.2) is 48.5 Å². The van der Waals surface area contributed by atoms with Crippen molar-refractivity contribution in [2.45, 2.75) is 18.8 Å². The smallest absolute Gasteiger partial charge is 0.253 e. The van der Waals surface area contributed by atoms with Crippen LogP contribution in [0.4, 0.5) is 5.69 Å². The van der Waals surface area contributed by atoms with Crippen LogP contribution in [0, 0.1) is 0 Å². The fourth-order valence-corrected chi connectivity index (χ4v) is 4.14. The number of carbonyl (C=O) groups is 2. The molecule has 0 aliphatic carbocycles. The minimum absolute atomic E-state index is 0.0373. The summed E-state index contributed by atoms with van der Waals surface area (Å²) in [5.74, 6) is 0.800. The number of para-hydroxylation sites is 1. The first kappa shape index (κ1) is 16.6. The summed E-state index contributed by atoms with van der Waals surface area (Å²) < 4.78 is 5.43. The zero-order chi connectivity index (χ0) is 18.3. The van der Waals surface area contributed by atoms with Crippen molar-refractivity contribution >= 4 is 17.5 Å². The van der Waals surface area contributed by atoms with Crippen LogP contribution in [-0.4, -0.2) is 43.5 Å². The van der Waals surface area contributed by atoms with Crippen LogP contribution >= 0.6 is 0 Å². The van der Waals surface area contributed by atoms with E-state index in [-0.39, 0.29) is 11.8 Å². The van der Waals surface area contributed by atoms with Gasteiger partial charge in [0.05, 0.1) is 12.0 Å². The third-order valence-electron chi connectivity index (χ3n) is 5.46. The molecule has 4 rings (SSSR count). The molecule has 134 valence electrons. The number of amides is 2. The molecule has 1 saturated heterocycles. The first-order valence-corrected chi connectivity index (χ1v) is 8.96. The standard InChI is InChI=1S/C21H22N2O3/c1-3-26-16-10-8-15(9-11-16)19(24)23-13-12-21(14-23)17-6-4-5-7-18(17)22(2)20(21)25/h4-11H,3,12-14H2,1-2H3. The van der Waals surface area contributed by atoms with Crippen LogP contribution in [0.2, 0.25) is 0 Å². The van der Waals surface area contributed by atoms with Gasteiger partial charge in [-0.05, 0) is 49.2 Å². The second-order valence-electron chi connectivity index (χ2n) is 6.90. The van der Waals surface area contributed by atoms with E-state index in [9.17, 15) is 9.59 Å². The van der Waals surface area contributed by atoms with Crippen LogP contribution < -0.4 is 9.64 Å². The molecule has 0 bridgehead atoms. The van der Waals surface area contributed by atoms with Gasteiger partial charge in [0.2, 0.25) is 5.91 Å². The third kappa shape index (κ3) is 2.38. The molecular formula is C21H22N2O3. The zero-order valence-corrected chi connectivity index (χ0v) is 15.1. The lowest BCUT2D eigenvalue weighted by Crippen LogP contribution is -2.42. The Kier molecular flexibility index (Phi) is 3.94. The van der Waals surface area contributed by atoms with Crippen molar-refractivity contribution in [2.75, 3.05) is 31.6 Å². The lowest BCUT2D eigenvalue weighted by Gasteiger charge is -2.23. The number of likely N-dealkylation sites (tertiary alicyclic amines) is 1. The van der Waals surface area contributed by atoms with Crippen molar-refractivity contribution in [3.63, 3.8) is 0 Å². The maximum Gasteiger partial charge on any atom is 0.253 e. The molecular weight excluding hydrogens is 328 g/mol. The first-order valence-electron chi connectivity index (χ1n) is 8.96. The maximum absolute atomic E-state index is 13.0. The molecule has 2 aliphatic rings. The molecule has 0 aromatic heterocycles. The summed E-state index contributed by atoms with van der Waals surface area (Å²) in [6.07, 6.45) is 0.663. The van der Waals surface area contributed by atoms with Gasteiger partial charge < -0.3 is 14.5 Å². The monoisotopic (exact) mass is 350 g/mol. The van der Waals surface area contributed by atoms with E-state index < -0.39 is 5.41 Å². The fourth-order valence-electron chi connectivity index (χ4n) is 4.14. The predicted molar refractivity (Wildman–Crippen MR) is 99.7 cm³/mol. The van der Waals surface area contributed by atoms with Gasteiger partial charge in [-0.25, -0.2) is 0 Å². The highest BCUT2D eigenvalue weighted by Crippen LogP contribution is 2.46. The summed E-state index contributed by atoms with van der Waals surface area (Å²) in [6, 6.07) is 15.1. The molecule has 5 nitrogen and oxygen atoms in total. The van der Waals surface area contributed by atoms with E-state index in [0.29, 0.717) is 31.7 Å². The molecule has 2 amide bonds. The molecule has 2 aliphatic heterocycles. The summed E-state index contributed by atoms with van der Waals surface area (Å²) in [5.41, 5.74) is 2.01. The van der Waals surface area contributed by atoms with Gasteiger partial charge in [0.15, 0.2) is 0 Å². The summed E-state index contributed by atoms with van der Waals surface area (Å²) in [6.45, 7) is 3.53. The second-order valence-corrected chi connectivity index (χ2v) is 6.90. The molecule has 1 unspecified atom stereocenters. The molecule has 5 heteroatoms. The van der Waals surface area contributed by atoms with E-state index in [4.69, 9.17) is 4.74 Å². The van der Waals surface area contributed by atoms with Crippen molar-refractivity contribution in [1.82, 2.24) is 4.90 Å². The average molecular weight is 350 g/mol. The van der Waals surface area contributed by atoms with Gasteiger partial charge in [-0.15, -0.1) is 0 Å². The zero-order valence-electron chi connectivity index (χ0n) is 15.1. The van der Waals surface area contributed by atoms with Crippen LogP contribution in [-0.2, 0) is 10.2 Å². The number of likely N-dealkylation sites (N-methyl/N-ethyl adjacent to an activating group) is 1. The van der Waals surface area contributed by atoms with Crippen molar-refractivity contribution in [2.24, 2.45) is 0 Å². The lowest BCUT2D eigenvalue weighted by atomic mass is 9.81. The highest BCUT2D eigenvalue weighted by Gasteiger charge is 2.54. The summed E-state index contributed by atoms with van der Waals surface area (Å²) in [5, 5.41) is 0. The molecule has 0 N–H and O–H groups in total. The SMILES string of the molecule is CCOc1ccc(C(=O)N2CCC3(C2)C(=O)N(C)c2ccccc23)cc1. The van der Waals surface area contributed by atoms with Crippen LogP contribution in [0.3, 0.4) is 0 Å². The Morgan fingerprint density at radius 2 is 1.88 bits per heavy atom. The number of ether oxygens (including phenoxy) is 1. The van der Waals surface area contributed by atoms with E-state index in [1.54, 1.807) is 21.9 Å². The highest BCUT2D eigenvalue weighted by atomic mass is 16.5. The largest absolute Gasteiger partial charge is 0.494 e. The Labute approximate surface area is 153 Å². The Morgan fingerprint density at radius 1 is 1.15 bits per heavy atom. The summed E-state index contributed by atoms with van der Waals surface area (Å²) in [7, 11) is 1.81. The number of rotatable bonds is 3. The number of carbonyl (C=O) groups excluding carboxylic acids is 2. The molecule has 26 heavy (non-hydrogen) atoms. The van der Waals surface area contributed by atoms with Crippen molar-refractivity contribution in [3.8, 4) is 5.75 Å². The Balaban J connectivity index is 1.59. The number of anilines is 1. The van der Waals surface area contributed by atoms with Crippen LogP contribution in [0.1, 0.15) is 29.3 Å². The predicted octanol–water partition coefficient (Wildman–Crippen LogP) is 2.85. The Morgan fingerprint density at radius 3 is 2.62 bits per heavy atom. The van der Waals surface area contributed by atoms with Crippen molar-refractivity contribution in [3.05, 3.63) is 59.7 Å². The van der Waals surface area contributed by atoms with E-state index in [2.05, 4.69) is 0 Å². The van der Waals surface area contributed by atoms with Crippen LogP contribution in [0.25, 0.3) is 0 Å². The van der Waals surface area contributed by atoms with Crippen molar-refractivity contribution < 1.29 is 14.3 Å². The van der Waals surface area contributed by atoms with Crippen molar-refractivity contribution in [1.29, 1.82) is 0 Å². The molecule has 2 aromatic carbocycles. The third-order valence-corrected chi connectivity index (χ3v) is 5.46. The van der Waals surface area contributed by atoms with Gasteiger partial charge >= 0.3 is 0 Å². The fraction of sp³-hybridized carbons (Fsp3) is 0.333. The molecule has 0 saturated carbocycles. The number of fused-ring (bicyclic) bond motifs is 2. The van der Waals surface area contributed by atoms with Gasteiger partial charge in [0.1, 0.15) is 5.75 Å². The van der Waals surface area contributed by atoms with E-state index in [0.717, 1.165) is 17.0 Å². The van der Waals surface area contributed by atoms with Crippen LogP contribution in [0.5, 0.6) is 5.75 Å². The lowest BCUT2D eigenvalue weighted by molar-refractivity contribution is -0.122. The molecule has 1 spiro atoms. The molecule has 2 heterocycles. The molecule has 1 fully saturated rings. The normalized spacial score (nSPS) is 21.4. The maximum atomic E-state index is 13.0. The minimum atomic E-state index is -0.605. The molecule has 1 atom stereocenters. The number of hydrogen-bond acceptors (Lipinski definition) is 3. The van der Waals surface area contributed by atoms with Gasteiger partial charge in [0, 0.05) is 31.4 Å². The quantitative estimate of drug-likeness (QED) is 0.855. The van der Waals surface area contributed by atoms with Gasteiger partial charge in [-0.3, -0.25) is 9.59 Å². The van der Waals surface area contributed by atoms with E-state index in [1.807, 2.05) is 50.4 Å². The summed E-state index contributed by atoms with van der Waals surface area (Å²) in [4.78, 5) is 29.4. The average Bonchev–Trinajstić information content (AvgIpc) is 3.21. The number of hydrogen-bond donors (Lipinski definition) is 0.